The van der Waals surface area contributed by atoms with E-state index in [0.717, 1.165) is 6.07 Å². The third kappa shape index (κ3) is 3.47. The normalized spacial score (nSPS) is 10.1. The van der Waals surface area contributed by atoms with Crippen molar-refractivity contribution in [3.63, 3.8) is 0 Å². The first kappa shape index (κ1) is 13.9. The third-order valence-electron chi connectivity index (χ3n) is 2.67. The van der Waals surface area contributed by atoms with Gasteiger partial charge in [-0.3, -0.25) is 0 Å². The van der Waals surface area contributed by atoms with Gasteiger partial charge in [-0.2, -0.15) is 0 Å². The largest absolute Gasteiger partial charge is 0.497 e. The second kappa shape index (κ2) is 6.06. The van der Waals surface area contributed by atoms with Gasteiger partial charge in [0.1, 0.15) is 23.9 Å². The number of benzene rings is 2. The summed E-state index contributed by atoms with van der Waals surface area (Å²) in [4.78, 5) is 10.8. The monoisotopic (exact) mass is 276 g/mol. The second-order valence-electron chi connectivity index (χ2n) is 4.12. The van der Waals surface area contributed by atoms with Gasteiger partial charge in [0.25, 0.3) is 0 Å². The van der Waals surface area contributed by atoms with E-state index in [9.17, 15) is 9.18 Å². The zero-order valence-electron chi connectivity index (χ0n) is 10.8. The van der Waals surface area contributed by atoms with Crippen LogP contribution in [-0.2, 0) is 6.61 Å². The van der Waals surface area contributed by atoms with Crippen molar-refractivity contribution in [2.45, 2.75) is 6.61 Å². The molecule has 0 fully saturated rings. The van der Waals surface area contributed by atoms with Gasteiger partial charge < -0.3 is 14.6 Å². The van der Waals surface area contributed by atoms with Crippen LogP contribution in [0.2, 0.25) is 0 Å². The highest BCUT2D eigenvalue weighted by Crippen LogP contribution is 2.19. The smallest absolute Gasteiger partial charge is 0.335 e. The quantitative estimate of drug-likeness (QED) is 0.911. The molecular formula is C15H13FO4. The van der Waals surface area contributed by atoms with Crippen LogP contribution in [0.25, 0.3) is 0 Å². The van der Waals surface area contributed by atoms with Gasteiger partial charge in [-0.1, -0.05) is 0 Å². The molecule has 2 rings (SSSR count). The number of hydrogen-bond acceptors (Lipinski definition) is 3. The van der Waals surface area contributed by atoms with Crippen molar-refractivity contribution < 1.29 is 23.8 Å². The molecule has 0 spiro atoms. The molecule has 2 aromatic rings. The van der Waals surface area contributed by atoms with E-state index in [0.29, 0.717) is 17.1 Å². The van der Waals surface area contributed by atoms with Crippen molar-refractivity contribution in [2.24, 2.45) is 0 Å². The number of carboxylic acids is 1. The number of methoxy groups -OCH3 is 1. The zero-order valence-corrected chi connectivity index (χ0v) is 10.8. The Morgan fingerprint density at radius 3 is 2.40 bits per heavy atom. The average Bonchev–Trinajstić information content (AvgIpc) is 2.45. The fourth-order valence-corrected chi connectivity index (χ4v) is 1.70. The number of hydrogen-bond donors (Lipinski definition) is 1. The molecule has 0 atom stereocenters. The molecule has 2 aromatic carbocycles. The highest BCUT2D eigenvalue weighted by atomic mass is 19.1. The van der Waals surface area contributed by atoms with Crippen LogP contribution < -0.4 is 9.47 Å². The third-order valence-corrected chi connectivity index (χ3v) is 2.67. The molecule has 0 aliphatic heterocycles. The summed E-state index contributed by atoms with van der Waals surface area (Å²) in [6.45, 7) is 0.0877. The van der Waals surface area contributed by atoms with Crippen LogP contribution in [0, 0.1) is 5.82 Å². The fraction of sp³-hybridized carbons (Fsp3) is 0.133. The molecule has 0 saturated carbocycles. The summed E-state index contributed by atoms with van der Waals surface area (Å²) in [5.74, 6) is -0.475. The molecule has 1 N–H and O–H groups in total. The Bertz CT molecular complexity index is 608. The first-order valence-electron chi connectivity index (χ1n) is 5.88. The minimum Gasteiger partial charge on any atom is -0.497 e. The molecule has 0 aromatic heterocycles. The first-order chi connectivity index (χ1) is 9.58. The molecule has 0 bridgehead atoms. The topological polar surface area (TPSA) is 55.8 Å². The number of aromatic carboxylic acids is 1. The Kier molecular flexibility index (Phi) is 4.20. The summed E-state index contributed by atoms with van der Waals surface area (Å²) in [6, 6.07) is 10.5. The summed E-state index contributed by atoms with van der Waals surface area (Å²) in [6.07, 6.45) is 0. The molecule has 0 aliphatic carbocycles. The van der Waals surface area contributed by atoms with E-state index in [1.165, 1.54) is 12.1 Å². The summed E-state index contributed by atoms with van der Waals surface area (Å²) in [5.41, 5.74) is 0.358. The van der Waals surface area contributed by atoms with Crippen LogP contribution in [0.5, 0.6) is 11.5 Å². The van der Waals surface area contributed by atoms with Gasteiger partial charge in [-0.15, -0.1) is 0 Å². The number of carboxylic acid groups (broad SMARTS) is 1. The molecule has 0 saturated heterocycles. The molecule has 0 radical (unpaired) electrons. The predicted octanol–water partition coefficient (Wildman–Crippen LogP) is 3.11. The molecule has 104 valence electrons. The SMILES string of the molecule is COc1ccc(OCc2cc(F)cc(C(=O)O)c2)cc1. The standard InChI is InChI=1S/C15H13FO4/c1-19-13-2-4-14(5-3-13)20-9-10-6-11(15(17)18)8-12(16)7-10/h2-8H,9H2,1H3,(H,17,18). The van der Waals surface area contributed by atoms with Gasteiger partial charge in [0.15, 0.2) is 0 Å². The molecule has 0 heterocycles. The lowest BCUT2D eigenvalue weighted by molar-refractivity contribution is 0.0696. The summed E-state index contributed by atoms with van der Waals surface area (Å²) in [7, 11) is 1.57. The van der Waals surface area contributed by atoms with Crippen molar-refractivity contribution in [3.8, 4) is 11.5 Å². The van der Waals surface area contributed by atoms with Crippen molar-refractivity contribution in [3.05, 3.63) is 59.4 Å². The zero-order chi connectivity index (χ0) is 14.5. The summed E-state index contributed by atoms with van der Waals surface area (Å²) < 4.78 is 23.8. The molecule has 0 unspecified atom stereocenters. The Hall–Kier alpha value is -2.56. The van der Waals surface area contributed by atoms with Gasteiger partial charge in [-0.05, 0) is 48.0 Å². The van der Waals surface area contributed by atoms with Gasteiger partial charge in [0.2, 0.25) is 0 Å². The van der Waals surface area contributed by atoms with E-state index >= 15 is 0 Å². The van der Waals surface area contributed by atoms with E-state index in [2.05, 4.69) is 0 Å². The van der Waals surface area contributed by atoms with E-state index in [4.69, 9.17) is 14.6 Å². The van der Waals surface area contributed by atoms with E-state index in [1.807, 2.05) is 0 Å². The molecule has 20 heavy (non-hydrogen) atoms. The van der Waals surface area contributed by atoms with Crippen molar-refractivity contribution in [1.29, 1.82) is 0 Å². The van der Waals surface area contributed by atoms with E-state index in [1.54, 1.807) is 31.4 Å². The van der Waals surface area contributed by atoms with Gasteiger partial charge in [-0.25, -0.2) is 9.18 Å². The van der Waals surface area contributed by atoms with Crippen molar-refractivity contribution >= 4 is 5.97 Å². The lowest BCUT2D eigenvalue weighted by Gasteiger charge is -2.08. The van der Waals surface area contributed by atoms with Crippen LogP contribution >= 0.6 is 0 Å². The number of ether oxygens (including phenoxy) is 2. The van der Waals surface area contributed by atoms with Crippen LogP contribution in [-0.4, -0.2) is 18.2 Å². The first-order valence-corrected chi connectivity index (χ1v) is 5.88. The lowest BCUT2D eigenvalue weighted by Crippen LogP contribution is -2.02. The fourth-order valence-electron chi connectivity index (χ4n) is 1.70. The van der Waals surface area contributed by atoms with Gasteiger partial charge in [0.05, 0.1) is 12.7 Å². The van der Waals surface area contributed by atoms with Gasteiger partial charge >= 0.3 is 5.97 Å². The second-order valence-corrected chi connectivity index (χ2v) is 4.12. The van der Waals surface area contributed by atoms with E-state index < -0.39 is 11.8 Å². The summed E-state index contributed by atoms with van der Waals surface area (Å²) in [5, 5.41) is 8.86. The van der Waals surface area contributed by atoms with Crippen LogP contribution in [0.15, 0.2) is 42.5 Å². The maximum atomic E-state index is 13.3. The molecule has 5 heteroatoms. The Morgan fingerprint density at radius 2 is 1.80 bits per heavy atom. The van der Waals surface area contributed by atoms with Crippen LogP contribution in [0.3, 0.4) is 0 Å². The van der Waals surface area contributed by atoms with Gasteiger partial charge in [0, 0.05) is 0 Å². The Labute approximate surface area is 115 Å². The summed E-state index contributed by atoms with van der Waals surface area (Å²) >= 11 is 0. The lowest BCUT2D eigenvalue weighted by atomic mass is 10.1. The van der Waals surface area contributed by atoms with Crippen molar-refractivity contribution in [1.82, 2.24) is 0 Å². The minimum absolute atomic E-state index is 0.0877. The highest BCUT2D eigenvalue weighted by molar-refractivity contribution is 5.87. The molecular weight excluding hydrogens is 263 g/mol. The predicted molar refractivity (Wildman–Crippen MR) is 70.7 cm³/mol. The van der Waals surface area contributed by atoms with Crippen LogP contribution in [0.4, 0.5) is 4.39 Å². The van der Waals surface area contributed by atoms with Crippen LogP contribution in [0.1, 0.15) is 15.9 Å². The molecule has 0 aliphatic rings. The minimum atomic E-state index is -1.17. The van der Waals surface area contributed by atoms with Crippen molar-refractivity contribution in [2.75, 3.05) is 7.11 Å². The maximum absolute atomic E-state index is 13.3. The Morgan fingerprint density at radius 1 is 1.15 bits per heavy atom. The number of carbonyl (C=O) groups is 1. The number of halogens is 1. The number of rotatable bonds is 5. The maximum Gasteiger partial charge on any atom is 0.335 e. The average molecular weight is 276 g/mol. The molecule has 4 nitrogen and oxygen atoms in total. The molecule has 0 amide bonds. The highest BCUT2D eigenvalue weighted by Gasteiger charge is 2.07. The van der Waals surface area contributed by atoms with E-state index in [-0.39, 0.29) is 12.2 Å². The Balaban J connectivity index is 2.08.